The van der Waals surface area contributed by atoms with Gasteiger partial charge in [0.05, 0.1) is 12.5 Å². The second-order valence-electron chi connectivity index (χ2n) is 3.57. The van der Waals surface area contributed by atoms with Gasteiger partial charge in [-0.15, -0.1) is 0 Å². The lowest BCUT2D eigenvalue weighted by atomic mass is 10.0. The fourth-order valence-electron chi connectivity index (χ4n) is 1.55. The van der Waals surface area contributed by atoms with E-state index in [2.05, 4.69) is 0 Å². The number of rotatable bonds is 3. The molecule has 1 atom stereocenters. The van der Waals surface area contributed by atoms with Crippen molar-refractivity contribution in [2.45, 2.75) is 12.5 Å². The molecule has 84 valence electrons. The molecule has 2 nitrogen and oxygen atoms in total. The average Bonchev–Trinajstić information content (AvgIpc) is 2.76. The summed E-state index contributed by atoms with van der Waals surface area (Å²) < 4.78 is 18.4. The number of halogens is 2. The van der Waals surface area contributed by atoms with Gasteiger partial charge >= 0.3 is 0 Å². The van der Waals surface area contributed by atoms with Crippen LogP contribution in [0.25, 0.3) is 0 Å². The quantitative estimate of drug-likeness (QED) is 0.893. The summed E-state index contributed by atoms with van der Waals surface area (Å²) in [5.74, 6) is -0.327. The Balaban J connectivity index is 2.21. The van der Waals surface area contributed by atoms with Gasteiger partial charge in [0.15, 0.2) is 0 Å². The van der Waals surface area contributed by atoms with Crippen LogP contribution in [0, 0.1) is 5.82 Å². The smallest absolute Gasteiger partial charge is 0.127 e. The molecule has 0 spiro atoms. The van der Waals surface area contributed by atoms with E-state index in [0.717, 1.165) is 5.56 Å². The molecule has 16 heavy (non-hydrogen) atoms. The van der Waals surface area contributed by atoms with Crippen LogP contribution in [0.4, 0.5) is 4.39 Å². The molecule has 1 aromatic heterocycles. The lowest BCUT2D eigenvalue weighted by molar-refractivity contribution is 0.555. The topological polar surface area (TPSA) is 39.2 Å². The standard InChI is InChI=1S/C12H11ClFNO/c13-10-2-1-3-11(14)9(10)6-12(15)8-4-5-16-7-8/h1-5,7,12H,6,15H2. The van der Waals surface area contributed by atoms with Crippen molar-refractivity contribution in [3.8, 4) is 0 Å². The summed E-state index contributed by atoms with van der Waals surface area (Å²) in [6.07, 6.45) is 3.45. The van der Waals surface area contributed by atoms with Crippen LogP contribution < -0.4 is 5.73 Å². The zero-order chi connectivity index (χ0) is 11.5. The fraction of sp³-hybridized carbons (Fsp3) is 0.167. The third-order valence-electron chi connectivity index (χ3n) is 2.46. The Morgan fingerprint density at radius 1 is 1.38 bits per heavy atom. The van der Waals surface area contributed by atoms with E-state index in [-0.39, 0.29) is 11.9 Å². The van der Waals surface area contributed by atoms with Crippen molar-refractivity contribution in [1.82, 2.24) is 0 Å². The van der Waals surface area contributed by atoms with Crippen molar-refractivity contribution in [2.75, 3.05) is 0 Å². The molecule has 4 heteroatoms. The van der Waals surface area contributed by atoms with E-state index in [0.29, 0.717) is 17.0 Å². The molecular weight excluding hydrogens is 229 g/mol. The Labute approximate surface area is 97.8 Å². The summed E-state index contributed by atoms with van der Waals surface area (Å²) in [7, 11) is 0. The summed E-state index contributed by atoms with van der Waals surface area (Å²) in [4.78, 5) is 0. The molecule has 0 aliphatic carbocycles. The molecule has 0 saturated heterocycles. The molecule has 0 bridgehead atoms. The molecule has 2 rings (SSSR count). The normalized spacial score (nSPS) is 12.7. The summed E-state index contributed by atoms with van der Waals surface area (Å²) in [5, 5.41) is 0.402. The van der Waals surface area contributed by atoms with E-state index in [9.17, 15) is 4.39 Å². The van der Waals surface area contributed by atoms with Gasteiger partial charge in [0.2, 0.25) is 0 Å². The highest BCUT2D eigenvalue weighted by Gasteiger charge is 2.13. The van der Waals surface area contributed by atoms with E-state index < -0.39 is 0 Å². The Morgan fingerprint density at radius 2 is 2.19 bits per heavy atom. The minimum absolute atomic E-state index is 0.312. The maximum absolute atomic E-state index is 13.5. The van der Waals surface area contributed by atoms with Crippen LogP contribution in [0.3, 0.4) is 0 Å². The maximum Gasteiger partial charge on any atom is 0.127 e. The maximum atomic E-state index is 13.5. The van der Waals surface area contributed by atoms with Crippen LogP contribution in [-0.4, -0.2) is 0 Å². The van der Waals surface area contributed by atoms with Gasteiger partial charge in [0.1, 0.15) is 5.82 Å². The Morgan fingerprint density at radius 3 is 2.81 bits per heavy atom. The average molecular weight is 240 g/mol. The van der Waals surface area contributed by atoms with Crippen LogP contribution in [0.2, 0.25) is 5.02 Å². The minimum Gasteiger partial charge on any atom is -0.472 e. The van der Waals surface area contributed by atoms with Crippen molar-refractivity contribution in [2.24, 2.45) is 5.73 Å². The van der Waals surface area contributed by atoms with Gasteiger partial charge in [0, 0.05) is 22.2 Å². The Kier molecular flexibility index (Phi) is 3.27. The van der Waals surface area contributed by atoms with Crippen molar-refractivity contribution in [1.29, 1.82) is 0 Å². The zero-order valence-corrected chi connectivity index (χ0v) is 9.25. The number of nitrogens with two attached hydrogens (primary N) is 1. The second kappa shape index (κ2) is 4.68. The first kappa shape index (κ1) is 11.2. The summed E-state index contributed by atoms with van der Waals surface area (Å²) in [6.45, 7) is 0. The number of hydrogen-bond acceptors (Lipinski definition) is 2. The van der Waals surface area contributed by atoms with Crippen LogP contribution in [-0.2, 0) is 6.42 Å². The van der Waals surface area contributed by atoms with Crippen molar-refractivity contribution in [3.05, 3.63) is 58.8 Å². The van der Waals surface area contributed by atoms with Gasteiger partial charge in [-0.25, -0.2) is 4.39 Å². The fourth-order valence-corrected chi connectivity index (χ4v) is 1.79. The van der Waals surface area contributed by atoms with Gasteiger partial charge < -0.3 is 10.2 Å². The van der Waals surface area contributed by atoms with Crippen molar-refractivity contribution >= 4 is 11.6 Å². The summed E-state index contributed by atoms with van der Waals surface area (Å²) in [6, 6.07) is 6.06. The van der Waals surface area contributed by atoms with Gasteiger partial charge in [-0.2, -0.15) is 0 Å². The van der Waals surface area contributed by atoms with Crippen LogP contribution in [0.5, 0.6) is 0 Å². The minimum atomic E-state index is -0.327. The van der Waals surface area contributed by atoms with Crippen LogP contribution in [0.15, 0.2) is 41.2 Å². The second-order valence-corrected chi connectivity index (χ2v) is 3.97. The van der Waals surface area contributed by atoms with E-state index >= 15 is 0 Å². The lowest BCUT2D eigenvalue weighted by Gasteiger charge is -2.11. The van der Waals surface area contributed by atoms with E-state index in [1.807, 2.05) is 0 Å². The van der Waals surface area contributed by atoms with E-state index in [4.69, 9.17) is 21.8 Å². The molecule has 0 aliphatic rings. The highest BCUT2D eigenvalue weighted by molar-refractivity contribution is 6.31. The first-order chi connectivity index (χ1) is 7.68. The van der Waals surface area contributed by atoms with Crippen molar-refractivity contribution in [3.63, 3.8) is 0 Å². The number of furan rings is 1. The zero-order valence-electron chi connectivity index (χ0n) is 8.49. The SMILES string of the molecule is NC(Cc1c(F)cccc1Cl)c1ccoc1. The lowest BCUT2D eigenvalue weighted by Crippen LogP contribution is -2.13. The Bertz CT molecular complexity index is 450. The summed E-state index contributed by atoms with van der Waals surface area (Å²) >= 11 is 5.92. The summed E-state index contributed by atoms with van der Waals surface area (Å²) in [5.41, 5.74) is 7.20. The van der Waals surface area contributed by atoms with Gasteiger partial charge in [0.25, 0.3) is 0 Å². The van der Waals surface area contributed by atoms with Gasteiger partial charge in [-0.05, 0) is 24.6 Å². The van der Waals surface area contributed by atoms with E-state index in [1.54, 1.807) is 24.5 Å². The van der Waals surface area contributed by atoms with Gasteiger partial charge in [-0.1, -0.05) is 17.7 Å². The predicted octanol–water partition coefficient (Wildman–Crippen LogP) is 3.31. The third-order valence-corrected chi connectivity index (χ3v) is 2.81. The highest BCUT2D eigenvalue weighted by atomic mass is 35.5. The Hall–Kier alpha value is -1.32. The number of benzene rings is 1. The molecule has 2 N–H and O–H groups in total. The molecular formula is C12H11ClFNO. The highest BCUT2D eigenvalue weighted by Crippen LogP contribution is 2.24. The third kappa shape index (κ3) is 2.26. The van der Waals surface area contributed by atoms with Gasteiger partial charge in [-0.3, -0.25) is 0 Å². The molecule has 0 saturated carbocycles. The number of hydrogen-bond donors (Lipinski definition) is 1. The van der Waals surface area contributed by atoms with Crippen LogP contribution in [0.1, 0.15) is 17.2 Å². The van der Waals surface area contributed by atoms with Crippen molar-refractivity contribution < 1.29 is 8.81 Å². The monoisotopic (exact) mass is 239 g/mol. The van der Waals surface area contributed by atoms with Crippen LogP contribution >= 0.6 is 11.6 Å². The molecule has 0 amide bonds. The first-order valence-electron chi connectivity index (χ1n) is 4.89. The molecule has 0 radical (unpaired) electrons. The molecule has 1 heterocycles. The molecule has 0 fully saturated rings. The van der Waals surface area contributed by atoms with E-state index in [1.165, 1.54) is 12.3 Å². The molecule has 0 aliphatic heterocycles. The largest absolute Gasteiger partial charge is 0.472 e. The predicted molar refractivity (Wildman–Crippen MR) is 60.8 cm³/mol. The molecule has 1 unspecified atom stereocenters. The first-order valence-corrected chi connectivity index (χ1v) is 5.27. The molecule has 1 aromatic carbocycles. The molecule has 2 aromatic rings.